The van der Waals surface area contributed by atoms with Crippen LogP contribution in [0.1, 0.15) is 12.5 Å². The van der Waals surface area contributed by atoms with Crippen molar-refractivity contribution in [2.45, 2.75) is 13.8 Å². The van der Waals surface area contributed by atoms with Gasteiger partial charge in [0.1, 0.15) is 12.3 Å². The molecular formula is C18H19ClN2O3. The molecule has 0 fully saturated rings. The molecule has 0 atom stereocenters. The maximum atomic E-state index is 12.4. The van der Waals surface area contributed by atoms with E-state index in [0.717, 1.165) is 5.56 Å². The van der Waals surface area contributed by atoms with Crippen molar-refractivity contribution in [1.82, 2.24) is 0 Å². The number of ether oxygens (including phenoxy) is 1. The number of nitrogens with one attached hydrogen (secondary N) is 1. The lowest BCUT2D eigenvalue weighted by atomic mass is 10.2. The summed E-state index contributed by atoms with van der Waals surface area (Å²) in [5.41, 5.74) is 2.06. The molecule has 2 amide bonds. The van der Waals surface area contributed by atoms with Crippen molar-refractivity contribution in [2.75, 3.05) is 23.9 Å². The second-order valence-electron chi connectivity index (χ2n) is 5.28. The minimum absolute atomic E-state index is 0.123. The van der Waals surface area contributed by atoms with Crippen molar-refractivity contribution < 1.29 is 14.3 Å². The third-order valence-electron chi connectivity index (χ3n) is 3.53. The summed E-state index contributed by atoms with van der Waals surface area (Å²) in [5, 5.41) is 3.32. The van der Waals surface area contributed by atoms with Gasteiger partial charge in [0.25, 0.3) is 0 Å². The van der Waals surface area contributed by atoms with Gasteiger partial charge in [0.2, 0.25) is 11.8 Å². The highest BCUT2D eigenvalue weighted by atomic mass is 35.5. The molecule has 0 aliphatic heterocycles. The summed E-state index contributed by atoms with van der Waals surface area (Å²) >= 11 is 5.96. The van der Waals surface area contributed by atoms with E-state index in [1.807, 2.05) is 13.0 Å². The van der Waals surface area contributed by atoms with Crippen LogP contribution in [0, 0.1) is 6.92 Å². The topological polar surface area (TPSA) is 58.6 Å². The Morgan fingerprint density at radius 1 is 1.21 bits per heavy atom. The summed E-state index contributed by atoms with van der Waals surface area (Å²) < 4.78 is 5.27. The molecular weight excluding hydrogens is 328 g/mol. The molecule has 126 valence electrons. The normalized spacial score (nSPS) is 10.2. The van der Waals surface area contributed by atoms with E-state index in [1.165, 1.54) is 18.9 Å². The van der Waals surface area contributed by atoms with Gasteiger partial charge in [-0.1, -0.05) is 29.8 Å². The largest absolute Gasteiger partial charge is 0.495 e. The number of aryl methyl sites for hydroxylation is 1. The van der Waals surface area contributed by atoms with Crippen LogP contribution in [0.2, 0.25) is 5.02 Å². The highest BCUT2D eigenvalue weighted by Crippen LogP contribution is 2.28. The number of carbonyl (C=O) groups excluding carboxylic acids is 2. The average Bonchev–Trinajstić information content (AvgIpc) is 2.55. The van der Waals surface area contributed by atoms with Crippen LogP contribution in [0.4, 0.5) is 11.4 Å². The molecule has 0 heterocycles. The van der Waals surface area contributed by atoms with Crippen molar-refractivity contribution in [2.24, 2.45) is 0 Å². The number of para-hydroxylation sites is 2. The van der Waals surface area contributed by atoms with Crippen molar-refractivity contribution in [3.8, 4) is 5.75 Å². The smallest absolute Gasteiger partial charge is 0.244 e. The van der Waals surface area contributed by atoms with Crippen LogP contribution in [0.15, 0.2) is 42.5 Å². The number of hydrogen-bond donors (Lipinski definition) is 1. The molecule has 0 aliphatic carbocycles. The molecule has 0 saturated carbocycles. The third-order valence-corrected chi connectivity index (χ3v) is 3.77. The van der Waals surface area contributed by atoms with Gasteiger partial charge in [0.05, 0.1) is 12.8 Å². The molecule has 0 spiro atoms. The molecule has 0 bridgehead atoms. The fourth-order valence-electron chi connectivity index (χ4n) is 2.28. The van der Waals surface area contributed by atoms with Crippen LogP contribution < -0.4 is 15.0 Å². The number of benzene rings is 2. The van der Waals surface area contributed by atoms with Crippen LogP contribution in [0.5, 0.6) is 5.75 Å². The summed E-state index contributed by atoms with van der Waals surface area (Å²) in [6.07, 6.45) is 0. The van der Waals surface area contributed by atoms with Gasteiger partial charge in [-0.05, 0) is 36.8 Å². The predicted molar refractivity (Wildman–Crippen MR) is 95.8 cm³/mol. The monoisotopic (exact) mass is 346 g/mol. The highest BCUT2D eigenvalue weighted by Gasteiger charge is 2.19. The molecule has 24 heavy (non-hydrogen) atoms. The third kappa shape index (κ3) is 4.26. The Hall–Kier alpha value is -2.53. The van der Waals surface area contributed by atoms with Crippen LogP contribution >= 0.6 is 11.6 Å². The summed E-state index contributed by atoms with van der Waals surface area (Å²) in [6.45, 7) is 3.15. The number of halogens is 1. The minimum atomic E-state index is -0.318. The zero-order chi connectivity index (χ0) is 17.7. The van der Waals surface area contributed by atoms with Gasteiger partial charge in [0.15, 0.2) is 0 Å². The second kappa shape index (κ2) is 7.84. The first-order valence-electron chi connectivity index (χ1n) is 7.39. The predicted octanol–water partition coefficient (Wildman–Crippen LogP) is 3.65. The summed E-state index contributed by atoms with van der Waals surface area (Å²) in [7, 11) is 1.52. The first-order chi connectivity index (χ1) is 11.4. The van der Waals surface area contributed by atoms with Gasteiger partial charge < -0.3 is 10.1 Å². The Bertz CT molecular complexity index is 762. The van der Waals surface area contributed by atoms with Crippen molar-refractivity contribution in [3.05, 3.63) is 53.1 Å². The van der Waals surface area contributed by atoms with Gasteiger partial charge >= 0.3 is 0 Å². The molecule has 0 radical (unpaired) electrons. The minimum Gasteiger partial charge on any atom is -0.495 e. The van der Waals surface area contributed by atoms with E-state index in [9.17, 15) is 9.59 Å². The molecule has 6 heteroatoms. The van der Waals surface area contributed by atoms with Gasteiger partial charge in [0, 0.05) is 17.6 Å². The molecule has 2 aromatic carbocycles. The van der Waals surface area contributed by atoms with E-state index in [1.54, 1.807) is 36.4 Å². The number of anilines is 2. The lowest BCUT2D eigenvalue weighted by Gasteiger charge is -2.23. The molecule has 0 unspecified atom stereocenters. The Labute approximate surface area is 146 Å². The van der Waals surface area contributed by atoms with E-state index in [4.69, 9.17) is 16.3 Å². The first-order valence-corrected chi connectivity index (χ1v) is 7.77. The van der Waals surface area contributed by atoms with E-state index >= 15 is 0 Å². The van der Waals surface area contributed by atoms with Gasteiger partial charge in [-0.2, -0.15) is 0 Å². The Balaban J connectivity index is 2.20. The highest BCUT2D eigenvalue weighted by molar-refractivity contribution is 6.31. The molecule has 1 N–H and O–H groups in total. The van der Waals surface area contributed by atoms with Crippen molar-refractivity contribution >= 4 is 34.8 Å². The quantitative estimate of drug-likeness (QED) is 0.899. The number of methoxy groups -OCH3 is 1. The Kier molecular flexibility index (Phi) is 5.82. The number of rotatable bonds is 5. The molecule has 0 aromatic heterocycles. The van der Waals surface area contributed by atoms with Crippen molar-refractivity contribution in [1.29, 1.82) is 0 Å². The summed E-state index contributed by atoms with van der Waals surface area (Å²) in [5.74, 6) is -0.0432. The fraction of sp³-hybridized carbons (Fsp3) is 0.222. The maximum Gasteiger partial charge on any atom is 0.244 e. The van der Waals surface area contributed by atoms with E-state index in [0.29, 0.717) is 22.1 Å². The van der Waals surface area contributed by atoms with Gasteiger partial charge in [-0.15, -0.1) is 0 Å². The Morgan fingerprint density at radius 2 is 1.92 bits per heavy atom. The molecule has 0 aliphatic rings. The van der Waals surface area contributed by atoms with Crippen LogP contribution in [-0.2, 0) is 9.59 Å². The fourth-order valence-corrected chi connectivity index (χ4v) is 2.45. The number of amides is 2. The number of nitrogens with zero attached hydrogens (tertiary/aromatic N) is 1. The second-order valence-corrected chi connectivity index (χ2v) is 5.72. The zero-order valence-corrected chi connectivity index (χ0v) is 14.6. The maximum absolute atomic E-state index is 12.4. The van der Waals surface area contributed by atoms with Crippen LogP contribution in [0.3, 0.4) is 0 Å². The number of carbonyl (C=O) groups is 2. The number of hydrogen-bond acceptors (Lipinski definition) is 3. The zero-order valence-electron chi connectivity index (χ0n) is 13.8. The molecule has 0 saturated heterocycles. The SMILES string of the molecule is COc1ccccc1N(CC(=O)Nc1cc(Cl)ccc1C)C(C)=O. The van der Waals surface area contributed by atoms with E-state index in [-0.39, 0.29) is 18.4 Å². The van der Waals surface area contributed by atoms with Gasteiger partial charge in [-0.3, -0.25) is 14.5 Å². The summed E-state index contributed by atoms with van der Waals surface area (Å²) in [6, 6.07) is 12.3. The van der Waals surface area contributed by atoms with E-state index in [2.05, 4.69) is 5.32 Å². The first kappa shape index (κ1) is 17.8. The average molecular weight is 347 g/mol. The van der Waals surface area contributed by atoms with E-state index < -0.39 is 0 Å². The van der Waals surface area contributed by atoms with Gasteiger partial charge in [-0.25, -0.2) is 0 Å². The Morgan fingerprint density at radius 3 is 2.58 bits per heavy atom. The van der Waals surface area contributed by atoms with Crippen LogP contribution in [0.25, 0.3) is 0 Å². The lowest BCUT2D eigenvalue weighted by Crippen LogP contribution is -2.37. The van der Waals surface area contributed by atoms with Crippen LogP contribution in [-0.4, -0.2) is 25.5 Å². The standard InChI is InChI=1S/C18H19ClN2O3/c1-12-8-9-14(19)10-15(12)20-18(23)11-21(13(2)22)16-6-4-5-7-17(16)24-3/h4-10H,11H2,1-3H3,(H,20,23). The summed E-state index contributed by atoms with van der Waals surface area (Å²) in [4.78, 5) is 25.7. The molecule has 2 rings (SSSR count). The molecule has 5 nitrogen and oxygen atoms in total. The molecule has 2 aromatic rings. The lowest BCUT2D eigenvalue weighted by molar-refractivity contribution is -0.120. The van der Waals surface area contributed by atoms with Crippen molar-refractivity contribution in [3.63, 3.8) is 0 Å².